The maximum Gasteiger partial charge on any atom is 0.323 e. The third-order valence-electron chi connectivity index (χ3n) is 24.9. The van der Waals surface area contributed by atoms with Crippen LogP contribution in [0.1, 0.15) is 110 Å². The second-order valence-electron chi connectivity index (χ2n) is 38.4. The maximum atomic E-state index is 12.3. The van der Waals surface area contributed by atoms with Gasteiger partial charge in [-0.1, -0.05) is 182 Å². The minimum absolute atomic E-state index is 0. The molecule has 1 aliphatic carbocycles. The van der Waals surface area contributed by atoms with Crippen molar-refractivity contribution < 1.29 is 122 Å². The van der Waals surface area contributed by atoms with E-state index in [4.69, 9.17) is 99.0 Å². The Morgan fingerprint density at radius 2 is 0.662 bits per heavy atom. The maximum absolute atomic E-state index is 12.3. The van der Waals surface area contributed by atoms with Crippen molar-refractivity contribution in [3.63, 3.8) is 0 Å². The van der Waals surface area contributed by atoms with Crippen LogP contribution < -0.4 is 103 Å². The number of thioether (sulfide) groups is 5. The van der Waals surface area contributed by atoms with Gasteiger partial charge in [-0.3, -0.25) is 77.8 Å². The molecule has 6 fully saturated rings. The molecule has 25 atom stereocenters. The summed E-state index contributed by atoms with van der Waals surface area (Å²) in [5.41, 5.74) is 50.0. The summed E-state index contributed by atoms with van der Waals surface area (Å²) in [5.74, 6) is -0.812. The first-order valence-corrected chi connectivity index (χ1v) is 50.7. The summed E-state index contributed by atoms with van der Waals surface area (Å²) < 4.78 is 55.0. The van der Waals surface area contributed by atoms with Crippen molar-refractivity contribution in [2.45, 2.75) is 287 Å². The number of hydrogen-bond donors (Lipinski definition) is 23. The van der Waals surface area contributed by atoms with Gasteiger partial charge < -0.3 is 160 Å². The quantitative estimate of drug-likeness (QED) is 0.0196. The van der Waals surface area contributed by atoms with E-state index >= 15 is 0 Å². The third-order valence-corrected chi connectivity index (χ3v) is 29.9. The molecule has 10 aliphatic heterocycles. The summed E-state index contributed by atoms with van der Waals surface area (Å²) in [5, 5.41) is 110. The molecule has 818 valence electrons. The number of fused-ring (bicyclic) bond motifs is 5. The number of nitrogens with two attached hydrogens (primary N) is 9. The summed E-state index contributed by atoms with van der Waals surface area (Å²) in [6, 6.07) is -2.87. The van der Waals surface area contributed by atoms with E-state index in [1.165, 1.54) is 38.2 Å². The zero-order valence-electron chi connectivity index (χ0n) is 82.9. The van der Waals surface area contributed by atoms with Crippen LogP contribution >= 0.6 is 58.8 Å². The summed E-state index contributed by atoms with van der Waals surface area (Å²) in [4.78, 5) is 145. The predicted octanol–water partition coefficient (Wildman–Crippen LogP) is -1.68. The van der Waals surface area contributed by atoms with E-state index in [-0.39, 0.29) is 138 Å². The molecule has 0 aromatic carbocycles. The second kappa shape index (κ2) is 48.4. The average molecular weight is 2180 g/mol. The van der Waals surface area contributed by atoms with Crippen LogP contribution in [0.3, 0.4) is 0 Å². The number of ether oxygens (including phenoxy) is 10. The molecule has 5 aromatic rings. The number of esters is 5. The van der Waals surface area contributed by atoms with Crippen LogP contribution in [0.2, 0.25) is 0 Å². The van der Waals surface area contributed by atoms with Crippen LogP contribution in [0.4, 0.5) is 70.5 Å². The highest BCUT2D eigenvalue weighted by atomic mass is 32.2. The van der Waals surface area contributed by atoms with E-state index in [9.17, 15) is 89.4 Å². The number of aromatic amines is 3. The second-order valence-corrected chi connectivity index (χ2v) is 43.8. The Bertz CT molecular complexity index is 5800. The van der Waals surface area contributed by atoms with Gasteiger partial charge in [0.05, 0.1) is 40.9 Å². The lowest BCUT2D eigenvalue weighted by Gasteiger charge is -2.28. The normalized spacial score (nSPS) is 27.5. The predicted molar refractivity (Wildman–Crippen MR) is 548 cm³/mol. The molecule has 54 nitrogen and oxygen atoms in total. The zero-order valence-corrected chi connectivity index (χ0v) is 87.0. The molecule has 16 rings (SSSR count). The molecule has 5 saturated heterocycles. The van der Waals surface area contributed by atoms with Crippen LogP contribution in [-0.2, 0) is 71.3 Å². The summed E-state index contributed by atoms with van der Waals surface area (Å²) >= 11 is 5.81. The van der Waals surface area contributed by atoms with E-state index in [1.54, 1.807) is 77.0 Å². The smallest absolute Gasteiger partial charge is 0.323 e. The van der Waals surface area contributed by atoms with Crippen molar-refractivity contribution in [3.05, 3.63) is 89.1 Å². The van der Waals surface area contributed by atoms with E-state index in [0.717, 1.165) is 53.0 Å². The molecule has 1 saturated carbocycles. The lowest BCUT2D eigenvalue weighted by Crippen LogP contribution is -2.45. The van der Waals surface area contributed by atoms with Gasteiger partial charge in [0.25, 0.3) is 16.7 Å². The molecule has 0 spiro atoms. The first kappa shape index (κ1) is 118. The van der Waals surface area contributed by atoms with Crippen LogP contribution in [-0.4, -0.2) is 331 Å². The van der Waals surface area contributed by atoms with E-state index < -0.39 is 193 Å². The number of carbonyl (C=O) groups excluding carboxylic acids is 5. The van der Waals surface area contributed by atoms with Gasteiger partial charge >= 0.3 is 29.8 Å². The highest BCUT2D eigenvalue weighted by Gasteiger charge is 2.57. The topological polar surface area (TPSA) is 834 Å². The van der Waals surface area contributed by atoms with Gasteiger partial charge in [-0.25, -0.2) is 0 Å². The van der Waals surface area contributed by atoms with Crippen molar-refractivity contribution in [2.24, 2.45) is 57.9 Å². The molecule has 0 unspecified atom stereocenters. The number of H-pyrrole nitrogens is 3. The minimum Gasteiger partial charge on any atom is -0.463 e. The Kier molecular flexibility index (Phi) is 38.5. The Hall–Kier alpha value is -10.6. The van der Waals surface area contributed by atoms with Gasteiger partial charge in [0.15, 0.2) is 60.2 Å². The van der Waals surface area contributed by atoms with Crippen LogP contribution in [0.15, 0.2) is 96.9 Å². The molecule has 0 amide bonds. The number of rotatable bonds is 28. The number of anilines is 12. The van der Waals surface area contributed by atoms with Crippen LogP contribution in [0, 0.1) is 35.0 Å². The first-order valence-electron chi connectivity index (χ1n) is 46.6. The van der Waals surface area contributed by atoms with Crippen molar-refractivity contribution in [2.75, 3.05) is 111 Å². The number of aliphatic hydroxyl groups is 10. The number of hydrogen-bond acceptors (Lipinski definition) is 56. The fourth-order valence-electron chi connectivity index (χ4n) is 15.9. The van der Waals surface area contributed by atoms with Crippen molar-refractivity contribution in [1.29, 1.82) is 0 Å². The van der Waals surface area contributed by atoms with Crippen molar-refractivity contribution in [3.8, 4) is 0 Å². The number of nitrogen functional groups attached to an aromatic ring is 5. The monoisotopic (exact) mass is 2170 g/mol. The number of nitrogens with zero attached hydrogens (tertiary/aromatic N) is 13. The number of carbonyl (C=O) groups is 5. The molecular weight excluding hydrogens is 2040 g/mol. The summed E-state index contributed by atoms with van der Waals surface area (Å²) in [6.45, 7) is 40.3. The van der Waals surface area contributed by atoms with Gasteiger partial charge in [0.1, 0.15) is 175 Å². The van der Waals surface area contributed by atoms with Crippen molar-refractivity contribution >= 4 is 159 Å². The molecule has 0 radical (unpaired) electrons. The molecule has 11 aliphatic rings. The van der Waals surface area contributed by atoms with E-state index in [2.05, 4.69) is 88.1 Å². The molecule has 15 heterocycles. The number of nitrogens with one attached hydrogen (secondary N) is 4. The highest BCUT2D eigenvalue weighted by Crippen LogP contribution is 2.55. The molecule has 0 bridgehead atoms. The highest BCUT2D eigenvalue weighted by molar-refractivity contribution is 8.04. The van der Waals surface area contributed by atoms with E-state index in [0.29, 0.717) is 65.8 Å². The molecule has 148 heavy (non-hydrogen) atoms. The Morgan fingerprint density at radius 3 is 0.926 bits per heavy atom. The van der Waals surface area contributed by atoms with Crippen LogP contribution in [0.5, 0.6) is 0 Å². The molecular formula is C89H134N26O28S5. The lowest BCUT2D eigenvalue weighted by atomic mass is 9.87. The average Bonchev–Trinajstić information content (AvgIpc) is 1.59. The number of aliphatic hydroxyl groups excluding tert-OH is 10. The fraction of sp³-hybridized carbons (Fsp3) is 0.607. The Labute approximate surface area is 871 Å². The Morgan fingerprint density at radius 1 is 0.405 bits per heavy atom. The Balaban J connectivity index is 0.000000175. The largest absolute Gasteiger partial charge is 0.463 e. The van der Waals surface area contributed by atoms with Gasteiger partial charge in [0.2, 0.25) is 29.7 Å². The third kappa shape index (κ3) is 25.6. The molecule has 5 aromatic heterocycles. The van der Waals surface area contributed by atoms with Crippen LogP contribution in [0.25, 0.3) is 0 Å². The molecule has 59 heteroatoms. The SMILES string of the molecule is C.C=C1Sc2c(N(C)C)nc(N)nc2N1[C@@H]1O[C@H](COC(=O)[C@@H](N)C(C)C)[C@@H](O)[C@H]1O.C=C1Sc2c(NC3CC3)nc(N)nc2N1[C@@H]1O[C@H](COC(=O)[C@@H](N)C(C)C)[C@@H](O)[C@H]1O.C=C1Sc2c(nc(N)[nH]c2=O)N1[C@@H]1O[C@H](COC(=O)[C@@H](CC)C(C)C)[C@@H](O)[C@H]1O.C=C1Sc2c(nc(N)[nH]c2=O)N1[C@@H]1O[C@H](COC(=O)[C@@H](N)C(C)(C)C)[C@@H](O)[C@H]1O.C=C1Sc2c(nc(N)[nH]c2=O)N1[C@@H]1O[C@H](COC(=O)[C@@H](N)C(C)C)[C@@H](O)[C@H]1O. The zero-order chi connectivity index (χ0) is 109. The van der Waals surface area contributed by atoms with Gasteiger partial charge in [-0.05, 0) is 48.3 Å². The number of aromatic nitrogens is 10. The van der Waals surface area contributed by atoms with E-state index in [1.807, 2.05) is 34.9 Å². The minimum atomic E-state index is -1.37. The van der Waals surface area contributed by atoms with Gasteiger partial charge in [-0.2, -0.15) is 34.9 Å². The first-order chi connectivity index (χ1) is 68.9. The lowest BCUT2D eigenvalue weighted by molar-refractivity contribution is -0.156. The van der Waals surface area contributed by atoms with Gasteiger partial charge in [0, 0.05) is 20.1 Å². The van der Waals surface area contributed by atoms with Crippen molar-refractivity contribution in [1.82, 2.24) is 49.8 Å². The molecule has 32 N–H and O–H groups in total. The van der Waals surface area contributed by atoms with Gasteiger partial charge in [-0.15, -0.1) is 0 Å². The fourth-order valence-corrected chi connectivity index (χ4v) is 20.7. The standard InChI is InChI=1S/C19H28N6O5S.C18H28N6O5S.C18H26N4O6S.C17H25N5O6S.C16H23N5O6S.CH4/c1-7(2)11(20)18(28)29-6-10-12(26)13(27)17(30-10)25-8(3)31-14-15(22-9-4-5-9)23-19(21)24-16(14)25;1-7(2)10(19)17(27)28-6-9-11(25)12(26)16(29-9)24-8(3)30-13-14(23(4)5)21-18(20)22-15(13)24;1-5-9(7(2)3)17(26)27-6-10-11(23)12(24)16(28-10)22-8(4)29-13-14(22)20-18(19)21-15(13)25;1-6-22(12-10(29-6)13(25)21-16(19)20-12)14-9(24)8(23)7(28-14)5-27-15(26)11(18)17(2,3)4;1-5(2)8(17)15(25)26-4-7-9(22)10(23)14(27-7)21-6(3)28-11-12(21)19-16(18)20-13(11)24;/h7,9-13,17,26-27H,3-6,20H2,1-2H3,(H3,21,22,23,24);7,9-12,16,25-26H,3,6,19H2,1-2,4-5H3,(H2,20,21,22);7,9-12,16,23-24H,4-6H2,1-3H3,(H3,19,20,21,25);7-9,11,14,23-24H,1,5,18H2,2-4H3,(H3,19,20,21,25);5,7-10,14,22-23H,3-4,17H2,1-2H3,(H3,18,19,20,24);1H4/t10-,11+,12-,13-,17-;9-,10+,11-,12-,16-;9-,10+,11+,12+,16+;7-,8-,9-,11-,14-;7-,8+,9-,10-,14-;/m11011./s1. The summed E-state index contributed by atoms with van der Waals surface area (Å²) in [7, 11) is 3.65. The summed E-state index contributed by atoms with van der Waals surface area (Å²) in [6.07, 6.45) is -20.5.